The minimum absolute atomic E-state index is 0.0463. The number of hydrogen-bond donors (Lipinski definition) is 0. The van der Waals surface area contributed by atoms with Gasteiger partial charge in [-0.05, 0) is 26.0 Å². The van der Waals surface area contributed by atoms with Gasteiger partial charge >= 0.3 is 0 Å². The number of likely N-dealkylation sites (tertiary alicyclic amines) is 2. The third kappa shape index (κ3) is 2.94. The van der Waals surface area contributed by atoms with Crippen LogP contribution >= 0.6 is 0 Å². The quantitative estimate of drug-likeness (QED) is 0.723. The minimum atomic E-state index is -0.617. The zero-order chi connectivity index (χ0) is 20.2. The molecule has 4 aliphatic rings. The Morgan fingerprint density at radius 2 is 2.14 bits per heavy atom. The van der Waals surface area contributed by atoms with Crippen molar-refractivity contribution in [3.8, 4) is 5.75 Å². The summed E-state index contributed by atoms with van der Waals surface area (Å²) in [5, 5.41) is 0. The average molecular weight is 397 g/mol. The molecule has 3 fully saturated rings. The summed E-state index contributed by atoms with van der Waals surface area (Å²) < 4.78 is 12.2. The fourth-order valence-electron chi connectivity index (χ4n) is 5.26. The van der Waals surface area contributed by atoms with Gasteiger partial charge in [-0.15, -0.1) is 0 Å². The molecule has 1 aromatic rings. The van der Waals surface area contributed by atoms with E-state index in [1.54, 1.807) is 12.4 Å². The van der Waals surface area contributed by atoms with Crippen LogP contribution in [0.5, 0.6) is 5.75 Å². The lowest BCUT2D eigenvalue weighted by molar-refractivity contribution is -0.145. The highest BCUT2D eigenvalue weighted by atomic mass is 16.5. The second-order valence-corrected chi connectivity index (χ2v) is 8.79. The van der Waals surface area contributed by atoms with Gasteiger partial charge in [-0.25, -0.2) is 0 Å². The van der Waals surface area contributed by atoms with E-state index < -0.39 is 17.4 Å². The molecular weight excluding hydrogens is 370 g/mol. The summed E-state index contributed by atoms with van der Waals surface area (Å²) in [5.74, 6) is 0.0602. The Morgan fingerprint density at radius 3 is 2.83 bits per heavy atom. The van der Waals surface area contributed by atoms with Gasteiger partial charge in [0.1, 0.15) is 17.5 Å². The predicted octanol–water partition coefficient (Wildman–Crippen LogP) is 1.64. The molecule has 1 aromatic heterocycles. The van der Waals surface area contributed by atoms with E-state index in [9.17, 15) is 9.59 Å². The summed E-state index contributed by atoms with van der Waals surface area (Å²) in [6.45, 7) is 5.84. The normalized spacial score (nSPS) is 33.6. The molecule has 0 radical (unpaired) electrons. The number of ether oxygens (including phenoxy) is 2. The molecule has 1 spiro atoms. The smallest absolute Gasteiger partial charge is 0.230 e. The van der Waals surface area contributed by atoms with Gasteiger partial charge in [0.25, 0.3) is 0 Å². The highest BCUT2D eigenvalue weighted by molar-refractivity contribution is 5.93. The second kappa shape index (κ2) is 6.83. The summed E-state index contributed by atoms with van der Waals surface area (Å²) in [6, 6.07) is 3.86. The Bertz CT molecular complexity index is 834. The number of carbonyl (C=O) groups excluding carboxylic acids is 2. The summed E-state index contributed by atoms with van der Waals surface area (Å²) in [7, 11) is 0. The van der Waals surface area contributed by atoms with Crippen LogP contribution in [0.2, 0.25) is 0 Å². The lowest BCUT2D eigenvalue weighted by Crippen LogP contribution is -2.49. The molecule has 0 aromatic carbocycles. The number of pyridine rings is 1. The van der Waals surface area contributed by atoms with Crippen molar-refractivity contribution in [2.45, 2.75) is 50.5 Å². The Hall–Kier alpha value is -2.41. The van der Waals surface area contributed by atoms with Crippen LogP contribution < -0.4 is 4.74 Å². The Labute approximate surface area is 170 Å². The van der Waals surface area contributed by atoms with Crippen molar-refractivity contribution >= 4 is 11.8 Å². The monoisotopic (exact) mass is 397 g/mol. The standard InChI is InChI=1S/C22H27N3O4/c1-14(2)25-13-22-8-5-17(29-22)18(19(22)21(25)27)20(26)24-10-6-15(7-11-24)28-16-4-3-9-23-12-16/h3-5,8-9,12,14-15,17-19H,6-7,10-11,13H2,1-2H3/t17-,18-,19-,22-/m1/s1. The van der Waals surface area contributed by atoms with E-state index >= 15 is 0 Å². The number of aromatic nitrogens is 1. The van der Waals surface area contributed by atoms with Crippen LogP contribution in [0.1, 0.15) is 26.7 Å². The highest BCUT2D eigenvalue weighted by Gasteiger charge is 2.67. The van der Waals surface area contributed by atoms with Crippen LogP contribution in [-0.2, 0) is 14.3 Å². The lowest BCUT2D eigenvalue weighted by atomic mass is 9.76. The van der Waals surface area contributed by atoms with Crippen molar-refractivity contribution in [2.75, 3.05) is 19.6 Å². The number of nitrogens with zero attached hydrogens (tertiary/aromatic N) is 3. The van der Waals surface area contributed by atoms with Crippen molar-refractivity contribution in [1.82, 2.24) is 14.8 Å². The molecule has 2 amide bonds. The van der Waals surface area contributed by atoms with Crippen molar-refractivity contribution < 1.29 is 19.1 Å². The van der Waals surface area contributed by atoms with Crippen molar-refractivity contribution in [3.63, 3.8) is 0 Å². The molecule has 4 atom stereocenters. The van der Waals surface area contributed by atoms with E-state index in [0.717, 1.165) is 18.6 Å². The van der Waals surface area contributed by atoms with Gasteiger partial charge in [-0.1, -0.05) is 12.2 Å². The average Bonchev–Trinajstić information content (AvgIpc) is 3.37. The van der Waals surface area contributed by atoms with Crippen LogP contribution in [0, 0.1) is 11.8 Å². The number of hydrogen-bond acceptors (Lipinski definition) is 5. The van der Waals surface area contributed by atoms with E-state index in [1.807, 2.05) is 47.9 Å². The van der Waals surface area contributed by atoms with Crippen molar-refractivity contribution in [3.05, 3.63) is 36.7 Å². The van der Waals surface area contributed by atoms with Gasteiger partial charge in [0, 0.05) is 38.2 Å². The maximum atomic E-state index is 13.4. The summed E-state index contributed by atoms with van der Waals surface area (Å²) in [6.07, 6.45) is 8.77. The molecule has 154 valence electrons. The largest absolute Gasteiger partial charge is 0.489 e. The number of rotatable bonds is 4. The Morgan fingerprint density at radius 1 is 1.34 bits per heavy atom. The molecule has 5 heterocycles. The Kier molecular flexibility index (Phi) is 4.38. The lowest BCUT2D eigenvalue weighted by Gasteiger charge is -2.35. The molecule has 0 N–H and O–H groups in total. The van der Waals surface area contributed by atoms with Crippen molar-refractivity contribution in [1.29, 1.82) is 0 Å². The van der Waals surface area contributed by atoms with Gasteiger partial charge in [0.2, 0.25) is 11.8 Å². The van der Waals surface area contributed by atoms with Crippen LogP contribution in [0.3, 0.4) is 0 Å². The number of carbonyl (C=O) groups is 2. The van der Waals surface area contributed by atoms with Crippen LogP contribution in [-0.4, -0.2) is 70.1 Å². The molecule has 0 unspecified atom stereocenters. The molecule has 4 aliphatic heterocycles. The molecule has 5 rings (SSSR count). The fraction of sp³-hybridized carbons (Fsp3) is 0.591. The number of piperidine rings is 1. The number of amides is 2. The van der Waals surface area contributed by atoms with Crippen LogP contribution in [0.4, 0.5) is 0 Å². The maximum Gasteiger partial charge on any atom is 0.230 e. The third-order valence-corrected chi connectivity index (χ3v) is 6.73. The minimum Gasteiger partial charge on any atom is -0.489 e. The van der Waals surface area contributed by atoms with Crippen LogP contribution in [0.25, 0.3) is 0 Å². The molecule has 0 saturated carbocycles. The first-order chi connectivity index (χ1) is 14.0. The van der Waals surface area contributed by atoms with Crippen molar-refractivity contribution in [2.24, 2.45) is 11.8 Å². The van der Waals surface area contributed by atoms with E-state index in [1.165, 1.54) is 0 Å². The SMILES string of the molecule is CC(C)N1C[C@@]23C=C[C@@H](O2)[C@@H](C(=O)N2CCC(Oc4cccnc4)CC2)[C@@H]3C1=O. The number of fused-ring (bicyclic) bond motifs is 1. The van der Waals surface area contributed by atoms with Gasteiger partial charge in [-0.3, -0.25) is 14.6 Å². The highest BCUT2D eigenvalue weighted by Crippen LogP contribution is 2.52. The van der Waals surface area contributed by atoms with Gasteiger partial charge in [0.05, 0.1) is 30.7 Å². The topological polar surface area (TPSA) is 72.0 Å². The summed E-state index contributed by atoms with van der Waals surface area (Å²) in [5.41, 5.74) is -0.617. The van der Waals surface area contributed by atoms with Crippen LogP contribution in [0.15, 0.2) is 36.7 Å². The zero-order valence-electron chi connectivity index (χ0n) is 16.9. The predicted molar refractivity (Wildman–Crippen MR) is 105 cm³/mol. The molecule has 7 heteroatoms. The first-order valence-corrected chi connectivity index (χ1v) is 10.5. The van der Waals surface area contributed by atoms with Gasteiger partial charge in [0.15, 0.2) is 0 Å². The fourth-order valence-corrected chi connectivity index (χ4v) is 5.26. The second-order valence-electron chi connectivity index (χ2n) is 8.79. The van der Waals surface area contributed by atoms with E-state index in [4.69, 9.17) is 9.47 Å². The van der Waals surface area contributed by atoms with E-state index in [-0.39, 0.29) is 30.1 Å². The molecule has 3 saturated heterocycles. The molecule has 2 bridgehead atoms. The van der Waals surface area contributed by atoms with Gasteiger partial charge < -0.3 is 19.3 Å². The molecule has 0 aliphatic carbocycles. The molecular formula is C22H27N3O4. The molecule has 7 nitrogen and oxygen atoms in total. The first kappa shape index (κ1) is 18.6. The van der Waals surface area contributed by atoms with E-state index in [0.29, 0.717) is 19.6 Å². The molecule has 29 heavy (non-hydrogen) atoms. The van der Waals surface area contributed by atoms with E-state index in [2.05, 4.69) is 4.98 Å². The first-order valence-electron chi connectivity index (χ1n) is 10.5. The maximum absolute atomic E-state index is 13.4. The Balaban J connectivity index is 1.26. The summed E-state index contributed by atoms with van der Waals surface area (Å²) >= 11 is 0. The third-order valence-electron chi connectivity index (χ3n) is 6.73. The van der Waals surface area contributed by atoms with Gasteiger partial charge in [-0.2, -0.15) is 0 Å². The summed E-state index contributed by atoms with van der Waals surface area (Å²) in [4.78, 5) is 34.3. The zero-order valence-corrected chi connectivity index (χ0v) is 16.9.